The van der Waals surface area contributed by atoms with Gasteiger partial charge in [-0.05, 0) is 12.1 Å². The van der Waals surface area contributed by atoms with Gasteiger partial charge in [0.15, 0.2) is 23.3 Å². The van der Waals surface area contributed by atoms with E-state index in [-0.39, 0.29) is 0 Å². The number of halogens is 4. The van der Waals surface area contributed by atoms with Gasteiger partial charge in [0, 0.05) is 11.1 Å². The van der Waals surface area contributed by atoms with E-state index in [1.165, 1.54) is 0 Å². The maximum atomic E-state index is 13.7. The first-order valence-corrected chi connectivity index (χ1v) is 5.09. The van der Waals surface area contributed by atoms with Crippen molar-refractivity contribution in [3.63, 3.8) is 0 Å². The predicted molar refractivity (Wildman–Crippen MR) is 58.7 cm³/mol. The van der Waals surface area contributed by atoms with Crippen LogP contribution < -0.4 is 0 Å². The molecule has 0 amide bonds. The molecule has 0 saturated carbocycles. The quantitative estimate of drug-likeness (QED) is 0.846. The van der Waals surface area contributed by atoms with Gasteiger partial charge in [0.1, 0.15) is 0 Å². The van der Waals surface area contributed by atoms with Crippen LogP contribution in [0.1, 0.15) is 10.4 Å². The fourth-order valence-corrected chi connectivity index (χ4v) is 1.63. The Morgan fingerprint density at radius 3 is 2.11 bits per heavy atom. The van der Waals surface area contributed by atoms with Crippen molar-refractivity contribution in [2.75, 3.05) is 0 Å². The second-order valence-electron chi connectivity index (χ2n) is 3.70. The zero-order valence-corrected chi connectivity index (χ0v) is 9.25. The van der Waals surface area contributed by atoms with Gasteiger partial charge in [0.25, 0.3) is 0 Å². The van der Waals surface area contributed by atoms with Crippen molar-refractivity contribution in [2.45, 2.75) is 0 Å². The lowest BCUT2D eigenvalue weighted by Gasteiger charge is -2.07. The lowest BCUT2D eigenvalue weighted by Crippen LogP contribution is -2.04. The van der Waals surface area contributed by atoms with E-state index >= 15 is 0 Å². The average molecular weight is 270 g/mol. The fraction of sp³-hybridized carbons (Fsp3) is 0. The third-order valence-corrected chi connectivity index (χ3v) is 2.55. The molecule has 0 aliphatic rings. The van der Waals surface area contributed by atoms with Crippen molar-refractivity contribution >= 4 is 5.97 Å². The zero-order chi connectivity index (χ0) is 14.2. The Balaban J connectivity index is 2.68. The molecule has 2 aromatic rings. The third-order valence-electron chi connectivity index (χ3n) is 2.55. The van der Waals surface area contributed by atoms with Crippen LogP contribution in [0.4, 0.5) is 17.6 Å². The van der Waals surface area contributed by atoms with Gasteiger partial charge in [-0.15, -0.1) is 0 Å². The summed E-state index contributed by atoms with van der Waals surface area (Å²) in [6.07, 6.45) is 0. The normalized spacial score (nSPS) is 10.5. The van der Waals surface area contributed by atoms with Crippen LogP contribution in [0, 0.1) is 23.3 Å². The minimum absolute atomic E-state index is 0.478. The summed E-state index contributed by atoms with van der Waals surface area (Å²) in [4.78, 5) is 10.6. The Labute approximate surface area is 104 Å². The first kappa shape index (κ1) is 13.1. The summed E-state index contributed by atoms with van der Waals surface area (Å²) < 4.78 is 53.6. The smallest absolute Gasteiger partial charge is 0.338 e. The van der Waals surface area contributed by atoms with Crippen molar-refractivity contribution in [3.8, 4) is 11.1 Å². The van der Waals surface area contributed by atoms with E-state index in [1.807, 2.05) is 0 Å². The van der Waals surface area contributed by atoms with Crippen LogP contribution >= 0.6 is 0 Å². The second kappa shape index (κ2) is 4.72. The molecule has 2 nitrogen and oxygen atoms in total. The van der Waals surface area contributed by atoms with E-state index in [9.17, 15) is 22.4 Å². The molecule has 0 atom stereocenters. The van der Waals surface area contributed by atoms with Crippen LogP contribution in [0.3, 0.4) is 0 Å². The molecule has 0 fully saturated rings. The maximum Gasteiger partial charge on any atom is 0.338 e. The number of benzene rings is 2. The Morgan fingerprint density at radius 1 is 0.842 bits per heavy atom. The molecule has 2 rings (SSSR count). The maximum absolute atomic E-state index is 13.7. The first-order valence-electron chi connectivity index (χ1n) is 5.09. The van der Waals surface area contributed by atoms with Crippen molar-refractivity contribution in [1.29, 1.82) is 0 Å². The van der Waals surface area contributed by atoms with Crippen molar-refractivity contribution < 1.29 is 27.5 Å². The van der Waals surface area contributed by atoms with E-state index in [4.69, 9.17) is 5.11 Å². The predicted octanol–water partition coefficient (Wildman–Crippen LogP) is 3.61. The number of carbonyl (C=O) groups is 1. The van der Waals surface area contributed by atoms with Gasteiger partial charge in [-0.25, -0.2) is 22.4 Å². The molecule has 0 heterocycles. The number of rotatable bonds is 2. The summed E-state index contributed by atoms with van der Waals surface area (Å²) in [5, 5.41) is 8.61. The van der Waals surface area contributed by atoms with Gasteiger partial charge in [0.2, 0.25) is 0 Å². The van der Waals surface area contributed by atoms with Crippen molar-refractivity contribution in [3.05, 3.63) is 59.2 Å². The van der Waals surface area contributed by atoms with Crippen molar-refractivity contribution in [2.24, 2.45) is 0 Å². The Morgan fingerprint density at radius 2 is 1.47 bits per heavy atom. The summed E-state index contributed by atoms with van der Waals surface area (Å²) in [6.45, 7) is 0. The van der Waals surface area contributed by atoms with E-state index < -0.39 is 45.9 Å². The molecule has 1 N–H and O–H groups in total. The second-order valence-corrected chi connectivity index (χ2v) is 3.70. The molecular formula is C13H6F4O2. The van der Waals surface area contributed by atoms with E-state index in [1.54, 1.807) is 0 Å². The van der Waals surface area contributed by atoms with Crippen LogP contribution in [-0.4, -0.2) is 11.1 Å². The molecule has 19 heavy (non-hydrogen) atoms. The Hall–Kier alpha value is -2.37. The Kier molecular flexibility index (Phi) is 3.25. The van der Waals surface area contributed by atoms with E-state index in [0.29, 0.717) is 0 Å². The van der Waals surface area contributed by atoms with E-state index in [2.05, 4.69) is 0 Å². The van der Waals surface area contributed by atoms with E-state index in [0.717, 1.165) is 30.3 Å². The van der Waals surface area contributed by atoms with Gasteiger partial charge in [-0.1, -0.05) is 18.2 Å². The SMILES string of the molecule is O=C(O)c1ccc(-c2cccc(F)c2F)c(F)c1F. The summed E-state index contributed by atoms with van der Waals surface area (Å²) >= 11 is 0. The van der Waals surface area contributed by atoms with Crippen LogP contribution in [0.15, 0.2) is 30.3 Å². The zero-order valence-electron chi connectivity index (χ0n) is 9.25. The lowest BCUT2D eigenvalue weighted by atomic mass is 10.0. The molecular weight excluding hydrogens is 264 g/mol. The average Bonchev–Trinajstić information content (AvgIpc) is 2.36. The highest BCUT2D eigenvalue weighted by atomic mass is 19.2. The van der Waals surface area contributed by atoms with Gasteiger partial charge in [-0.3, -0.25) is 0 Å². The topological polar surface area (TPSA) is 37.3 Å². The molecule has 0 radical (unpaired) electrons. The monoisotopic (exact) mass is 270 g/mol. The lowest BCUT2D eigenvalue weighted by molar-refractivity contribution is 0.0690. The van der Waals surface area contributed by atoms with Gasteiger partial charge in [-0.2, -0.15) is 0 Å². The number of carboxylic acids is 1. The molecule has 0 saturated heterocycles. The third kappa shape index (κ3) is 2.16. The van der Waals surface area contributed by atoms with Crippen LogP contribution in [0.25, 0.3) is 11.1 Å². The minimum Gasteiger partial charge on any atom is -0.478 e. The first-order chi connectivity index (χ1) is 8.93. The summed E-state index contributed by atoms with van der Waals surface area (Å²) in [5.74, 6) is -7.34. The number of carboxylic acid groups (broad SMARTS) is 1. The molecule has 0 spiro atoms. The van der Waals surface area contributed by atoms with Gasteiger partial charge < -0.3 is 5.11 Å². The molecule has 0 bridgehead atoms. The Bertz CT molecular complexity index is 668. The number of aromatic carboxylic acids is 1. The molecule has 0 aromatic heterocycles. The van der Waals surface area contributed by atoms with Crippen LogP contribution in [0.5, 0.6) is 0 Å². The van der Waals surface area contributed by atoms with Crippen LogP contribution in [0.2, 0.25) is 0 Å². The van der Waals surface area contributed by atoms with Gasteiger partial charge >= 0.3 is 5.97 Å². The fourth-order valence-electron chi connectivity index (χ4n) is 1.63. The molecule has 2 aromatic carbocycles. The molecule has 0 aliphatic carbocycles. The number of hydrogen-bond acceptors (Lipinski definition) is 1. The summed E-state index contributed by atoms with van der Waals surface area (Å²) in [6, 6.07) is 4.71. The molecule has 6 heteroatoms. The highest BCUT2D eigenvalue weighted by Crippen LogP contribution is 2.29. The standard InChI is InChI=1S/C13H6F4O2/c14-9-3-1-2-6(10(9)15)7-4-5-8(13(18)19)12(17)11(7)16/h1-5H,(H,18,19). The molecule has 0 unspecified atom stereocenters. The highest BCUT2D eigenvalue weighted by molar-refractivity contribution is 5.88. The van der Waals surface area contributed by atoms with Crippen molar-refractivity contribution in [1.82, 2.24) is 0 Å². The summed E-state index contributed by atoms with van der Waals surface area (Å²) in [5.41, 5.74) is -1.90. The van der Waals surface area contributed by atoms with Gasteiger partial charge in [0.05, 0.1) is 5.56 Å². The van der Waals surface area contributed by atoms with Crippen LogP contribution in [-0.2, 0) is 0 Å². The molecule has 0 aliphatic heterocycles. The molecule has 98 valence electrons. The minimum atomic E-state index is -1.65. The summed E-state index contributed by atoms with van der Waals surface area (Å²) in [7, 11) is 0. The largest absolute Gasteiger partial charge is 0.478 e. The highest BCUT2D eigenvalue weighted by Gasteiger charge is 2.21. The number of hydrogen-bond donors (Lipinski definition) is 1.